The Morgan fingerprint density at radius 3 is 2.20 bits per heavy atom. The Morgan fingerprint density at radius 2 is 1.57 bits per heavy atom. The fourth-order valence-corrected chi connectivity index (χ4v) is 6.45. The molecule has 180 valence electrons. The smallest absolute Gasteiger partial charge is 0.211 e. The summed E-state index contributed by atoms with van der Waals surface area (Å²) in [7, 11) is -1.08. The Hall–Kier alpha value is -3.82. The zero-order valence-corrected chi connectivity index (χ0v) is 21.0. The van der Waals surface area contributed by atoms with E-state index in [2.05, 4.69) is 5.32 Å². The van der Waals surface area contributed by atoms with Gasteiger partial charge in [-0.2, -0.15) is 0 Å². The number of benzene rings is 3. The van der Waals surface area contributed by atoms with E-state index < -0.39 is 9.84 Å². The van der Waals surface area contributed by atoms with Crippen LogP contribution in [0, 0.1) is 6.92 Å². The number of nitrogens with two attached hydrogens (primary N) is 1. The summed E-state index contributed by atoms with van der Waals surface area (Å²) in [5, 5.41) is 3.35. The third-order valence-electron chi connectivity index (χ3n) is 5.41. The minimum Gasteiger partial charge on any atom is -0.497 e. The average Bonchev–Trinajstić information content (AvgIpc) is 3.20. The molecular formula is C26H24N2O5S2. The predicted molar refractivity (Wildman–Crippen MR) is 138 cm³/mol. The number of carbonyl (C=O) groups excluding carboxylic acids is 1. The first-order valence-electron chi connectivity index (χ1n) is 10.6. The number of thiophene rings is 1. The topological polar surface area (TPSA) is 108 Å². The largest absolute Gasteiger partial charge is 0.497 e. The zero-order chi connectivity index (χ0) is 25.2. The summed E-state index contributed by atoms with van der Waals surface area (Å²) in [5.74, 6) is 0.676. The van der Waals surface area contributed by atoms with Crippen LogP contribution in [-0.4, -0.2) is 28.4 Å². The molecule has 0 aliphatic carbocycles. The van der Waals surface area contributed by atoms with E-state index in [0.717, 1.165) is 16.9 Å². The van der Waals surface area contributed by atoms with Gasteiger partial charge in [-0.1, -0.05) is 42.0 Å². The summed E-state index contributed by atoms with van der Waals surface area (Å²) in [6.07, 6.45) is 0. The first-order valence-corrected chi connectivity index (χ1v) is 12.9. The number of carbonyl (C=O) groups is 1. The lowest BCUT2D eigenvalue weighted by Gasteiger charge is -2.12. The molecule has 4 rings (SSSR count). The van der Waals surface area contributed by atoms with Crippen LogP contribution in [0.25, 0.3) is 0 Å². The van der Waals surface area contributed by atoms with Crippen LogP contribution in [0.2, 0.25) is 0 Å². The van der Waals surface area contributed by atoms with Crippen LogP contribution in [0.1, 0.15) is 20.8 Å². The van der Waals surface area contributed by atoms with Crippen LogP contribution >= 0.6 is 11.3 Å². The number of nitrogens with one attached hydrogen (secondary N) is 1. The van der Waals surface area contributed by atoms with Crippen molar-refractivity contribution in [3.8, 4) is 11.5 Å². The Labute approximate surface area is 208 Å². The number of ether oxygens (including phenoxy) is 2. The van der Waals surface area contributed by atoms with Crippen molar-refractivity contribution in [3.63, 3.8) is 0 Å². The van der Waals surface area contributed by atoms with Crippen molar-refractivity contribution >= 4 is 43.3 Å². The summed E-state index contributed by atoms with van der Waals surface area (Å²) in [6, 6.07) is 20.1. The standard InChI is InChI=1S/C26H24N2O5S2/c1-16-8-10-17(11-9-16)23(29)24-22(27)25(35(30,31)19-14-12-18(32-2)13-15-19)26(34-24)28-20-6-4-5-7-21(20)33-3/h4-15,28H,27H2,1-3H3. The van der Waals surface area contributed by atoms with Crippen molar-refractivity contribution in [2.75, 3.05) is 25.3 Å². The summed E-state index contributed by atoms with van der Waals surface area (Å²) >= 11 is 0.991. The summed E-state index contributed by atoms with van der Waals surface area (Å²) in [6.45, 7) is 1.92. The van der Waals surface area contributed by atoms with Crippen molar-refractivity contribution in [3.05, 3.63) is 88.8 Å². The molecule has 7 nitrogen and oxygen atoms in total. The third kappa shape index (κ3) is 4.73. The fraction of sp³-hybridized carbons (Fsp3) is 0.115. The fourth-order valence-electron chi connectivity index (χ4n) is 3.53. The van der Waals surface area contributed by atoms with Crippen LogP contribution in [0.3, 0.4) is 0 Å². The molecule has 0 bridgehead atoms. The highest BCUT2D eigenvalue weighted by molar-refractivity contribution is 7.92. The van der Waals surface area contributed by atoms with Crippen LogP contribution in [0.5, 0.6) is 11.5 Å². The lowest BCUT2D eigenvalue weighted by Crippen LogP contribution is -2.08. The molecule has 0 amide bonds. The summed E-state index contributed by atoms with van der Waals surface area (Å²) in [5.41, 5.74) is 8.25. The quantitative estimate of drug-likeness (QED) is 0.304. The van der Waals surface area contributed by atoms with Crippen molar-refractivity contribution in [2.45, 2.75) is 16.7 Å². The van der Waals surface area contributed by atoms with Gasteiger partial charge in [-0.15, -0.1) is 11.3 Å². The summed E-state index contributed by atoms with van der Waals surface area (Å²) < 4.78 is 38.0. The molecule has 0 fully saturated rings. The highest BCUT2D eigenvalue weighted by atomic mass is 32.2. The number of hydrogen-bond acceptors (Lipinski definition) is 8. The first kappa shape index (κ1) is 24.3. The average molecular weight is 509 g/mol. The molecule has 0 aliphatic heterocycles. The van der Waals surface area contributed by atoms with Gasteiger partial charge in [0.05, 0.1) is 30.5 Å². The molecule has 4 aromatic rings. The summed E-state index contributed by atoms with van der Waals surface area (Å²) in [4.78, 5) is 13.3. The van der Waals surface area contributed by atoms with Gasteiger partial charge in [0.1, 0.15) is 26.3 Å². The van der Waals surface area contributed by atoms with Gasteiger partial charge in [-0.05, 0) is 43.3 Å². The van der Waals surface area contributed by atoms with Gasteiger partial charge in [0.15, 0.2) is 0 Å². The van der Waals surface area contributed by atoms with Gasteiger partial charge < -0.3 is 20.5 Å². The minimum absolute atomic E-state index is 0.0280. The van der Waals surface area contributed by atoms with E-state index in [1.807, 2.05) is 19.1 Å². The molecule has 3 N–H and O–H groups in total. The van der Waals surface area contributed by atoms with Crippen molar-refractivity contribution < 1.29 is 22.7 Å². The third-order valence-corrected chi connectivity index (χ3v) is 8.52. The number of rotatable bonds is 8. The SMILES string of the molecule is COc1ccc(S(=O)(=O)c2c(Nc3ccccc3OC)sc(C(=O)c3ccc(C)cc3)c2N)cc1. The lowest BCUT2D eigenvalue weighted by molar-refractivity contribution is 0.104. The predicted octanol–water partition coefficient (Wildman–Crippen LogP) is 5.46. The van der Waals surface area contributed by atoms with E-state index in [-0.39, 0.29) is 31.1 Å². The van der Waals surface area contributed by atoms with Gasteiger partial charge in [-0.3, -0.25) is 4.79 Å². The van der Waals surface area contributed by atoms with Crippen LogP contribution in [0.4, 0.5) is 16.4 Å². The Bertz CT molecular complexity index is 1480. The molecule has 1 aromatic heterocycles. The van der Waals surface area contributed by atoms with Crippen LogP contribution in [0.15, 0.2) is 82.6 Å². The maximum Gasteiger partial charge on any atom is 0.211 e. The molecule has 0 spiro atoms. The molecule has 9 heteroatoms. The van der Waals surface area contributed by atoms with Crippen molar-refractivity contribution in [1.82, 2.24) is 0 Å². The monoisotopic (exact) mass is 508 g/mol. The van der Waals surface area contributed by atoms with Gasteiger partial charge >= 0.3 is 0 Å². The lowest BCUT2D eigenvalue weighted by atomic mass is 10.1. The molecule has 35 heavy (non-hydrogen) atoms. The Morgan fingerprint density at radius 1 is 0.914 bits per heavy atom. The molecule has 0 radical (unpaired) electrons. The number of ketones is 1. The second kappa shape index (κ2) is 9.81. The molecule has 0 saturated heterocycles. The van der Waals surface area contributed by atoms with Gasteiger partial charge in [0.2, 0.25) is 15.6 Å². The highest BCUT2D eigenvalue weighted by Gasteiger charge is 2.32. The normalized spacial score (nSPS) is 11.2. The van der Waals surface area contributed by atoms with Gasteiger partial charge in [0, 0.05) is 5.56 Å². The van der Waals surface area contributed by atoms with E-state index in [9.17, 15) is 13.2 Å². The number of para-hydroxylation sites is 2. The Balaban J connectivity index is 1.88. The van der Waals surface area contributed by atoms with Crippen molar-refractivity contribution in [1.29, 1.82) is 0 Å². The van der Waals surface area contributed by atoms with E-state index in [1.165, 1.54) is 26.4 Å². The van der Waals surface area contributed by atoms with Gasteiger partial charge in [-0.25, -0.2) is 8.42 Å². The molecule has 1 heterocycles. The van der Waals surface area contributed by atoms with E-state index in [0.29, 0.717) is 22.7 Å². The maximum atomic E-state index is 13.7. The number of hydrogen-bond donors (Lipinski definition) is 2. The molecule has 3 aromatic carbocycles. The highest BCUT2D eigenvalue weighted by Crippen LogP contribution is 2.45. The number of sulfone groups is 1. The number of nitrogen functional groups attached to an aromatic ring is 1. The molecule has 0 saturated carbocycles. The maximum absolute atomic E-state index is 13.7. The molecule has 0 aliphatic rings. The molecule has 0 atom stereocenters. The molecule has 0 unspecified atom stereocenters. The minimum atomic E-state index is -4.09. The van der Waals surface area contributed by atoms with Crippen molar-refractivity contribution in [2.24, 2.45) is 0 Å². The Kier molecular flexibility index (Phi) is 6.81. The number of methoxy groups -OCH3 is 2. The van der Waals surface area contributed by atoms with E-state index in [4.69, 9.17) is 15.2 Å². The van der Waals surface area contributed by atoms with Crippen LogP contribution < -0.4 is 20.5 Å². The molecular weight excluding hydrogens is 484 g/mol. The number of aryl methyl sites for hydroxylation is 1. The van der Waals surface area contributed by atoms with E-state index >= 15 is 0 Å². The van der Waals surface area contributed by atoms with Crippen LogP contribution in [-0.2, 0) is 9.84 Å². The second-order valence-corrected chi connectivity index (χ2v) is 10.6. The zero-order valence-electron chi connectivity index (χ0n) is 19.4. The van der Waals surface area contributed by atoms with E-state index in [1.54, 1.807) is 48.5 Å². The number of anilines is 3. The van der Waals surface area contributed by atoms with Gasteiger partial charge in [0.25, 0.3) is 0 Å². The second-order valence-electron chi connectivity index (χ2n) is 7.70. The first-order chi connectivity index (χ1) is 16.8.